The van der Waals surface area contributed by atoms with Crippen molar-refractivity contribution in [3.05, 3.63) is 53.7 Å². The molecule has 10 nitrogen and oxygen atoms in total. The molecule has 1 atom stereocenters. The summed E-state index contributed by atoms with van der Waals surface area (Å²) in [5, 5.41) is 1.66. The number of sulfone groups is 1. The molecule has 3 N–H and O–H groups in total. The molecule has 0 spiro atoms. The minimum atomic E-state index is -4.76. The molecule has 1 saturated carbocycles. The van der Waals surface area contributed by atoms with Gasteiger partial charge in [-0.1, -0.05) is 30.7 Å². The van der Waals surface area contributed by atoms with E-state index in [1.807, 2.05) is 12.1 Å². The van der Waals surface area contributed by atoms with E-state index in [0.29, 0.717) is 52.6 Å². The van der Waals surface area contributed by atoms with Gasteiger partial charge < -0.3 is 19.5 Å². The number of aromatic amines is 1. The number of hydrogen-bond donors (Lipinski definition) is 3. The molecule has 0 amide bonds. The van der Waals surface area contributed by atoms with Crippen molar-refractivity contribution in [3.8, 4) is 16.9 Å². The summed E-state index contributed by atoms with van der Waals surface area (Å²) in [4.78, 5) is 27.0. The standard InChI is InChI=1S/C27H30ClFN3O7PS/c1-2-32(24(29)16-39-40(33,34)35)11-4-12-38-23-10-9-21(25-22-14-18(28)15-30-27(22)31-26(23)25)17-5-3-6-20(13-17)41(36,37)19-7-8-19/h3,5-6,9-10,13-15,19,24H,2,4,7-8,11-12,16H2,1H3,(H,30,31)(H2,33,34,35). The van der Waals surface area contributed by atoms with E-state index in [1.54, 1.807) is 37.3 Å². The number of benzene rings is 2. The van der Waals surface area contributed by atoms with Crippen LogP contribution in [-0.4, -0.2) is 70.9 Å². The zero-order valence-electron chi connectivity index (χ0n) is 22.2. The van der Waals surface area contributed by atoms with Crippen LogP contribution >= 0.6 is 19.4 Å². The van der Waals surface area contributed by atoms with Gasteiger partial charge in [-0.05, 0) is 67.3 Å². The second-order valence-electron chi connectivity index (χ2n) is 9.86. The lowest BCUT2D eigenvalue weighted by Crippen LogP contribution is -2.36. The van der Waals surface area contributed by atoms with Crippen molar-refractivity contribution in [2.24, 2.45) is 0 Å². The third-order valence-electron chi connectivity index (χ3n) is 7.00. The first-order valence-corrected chi connectivity index (χ1v) is 16.6. The summed E-state index contributed by atoms with van der Waals surface area (Å²) in [6.07, 6.45) is 1.64. The van der Waals surface area contributed by atoms with Crippen LogP contribution in [0.25, 0.3) is 33.1 Å². The van der Waals surface area contributed by atoms with Gasteiger partial charge in [0.15, 0.2) is 16.1 Å². The first-order valence-electron chi connectivity index (χ1n) is 13.1. The monoisotopic (exact) mass is 625 g/mol. The van der Waals surface area contributed by atoms with E-state index in [4.69, 9.17) is 26.1 Å². The zero-order valence-corrected chi connectivity index (χ0v) is 24.6. The van der Waals surface area contributed by atoms with Crippen molar-refractivity contribution >= 4 is 51.2 Å². The number of nitrogens with zero attached hydrogens (tertiary/aromatic N) is 2. The van der Waals surface area contributed by atoms with Crippen molar-refractivity contribution in [1.29, 1.82) is 0 Å². The van der Waals surface area contributed by atoms with E-state index in [9.17, 15) is 17.4 Å². The number of nitrogens with one attached hydrogen (secondary N) is 1. The van der Waals surface area contributed by atoms with E-state index in [2.05, 4.69) is 14.5 Å². The summed E-state index contributed by atoms with van der Waals surface area (Å²) >= 11 is 6.29. The van der Waals surface area contributed by atoms with E-state index in [-0.39, 0.29) is 18.4 Å². The first kappa shape index (κ1) is 29.9. The highest BCUT2D eigenvalue weighted by molar-refractivity contribution is 7.92. The molecule has 0 radical (unpaired) electrons. The lowest BCUT2D eigenvalue weighted by Gasteiger charge is -2.24. The van der Waals surface area contributed by atoms with Crippen LogP contribution in [-0.2, 0) is 18.9 Å². The maximum atomic E-state index is 14.4. The fraction of sp³-hybridized carbons (Fsp3) is 0.370. The van der Waals surface area contributed by atoms with Crippen molar-refractivity contribution in [2.45, 2.75) is 42.6 Å². The largest absolute Gasteiger partial charge is 0.491 e. The molecule has 0 aliphatic heterocycles. The molecule has 220 valence electrons. The lowest BCUT2D eigenvalue weighted by atomic mass is 9.99. The third-order valence-corrected chi connectivity index (χ3v) is 9.95. The van der Waals surface area contributed by atoms with Gasteiger partial charge in [-0.15, -0.1) is 0 Å². The summed E-state index contributed by atoms with van der Waals surface area (Å²) in [6, 6.07) is 12.4. The number of fused-ring (bicyclic) bond motifs is 3. The molecule has 2 heterocycles. The van der Waals surface area contributed by atoms with Crippen LogP contribution in [0, 0.1) is 0 Å². The Morgan fingerprint density at radius 1 is 1.24 bits per heavy atom. The number of aromatic nitrogens is 2. The number of H-pyrrole nitrogens is 1. The van der Waals surface area contributed by atoms with Gasteiger partial charge in [-0.2, -0.15) is 0 Å². The molecule has 4 aromatic rings. The molecule has 41 heavy (non-hydrogen) atoms. The highest BCUT2D eigenvalue weighted by Crippen LogP contribution is 2.41. The molecule has 2 aromatic heterocycles. The Labute approximate surface area is 241 Å². The van der Waals surface area contributed by atoms with Crippen molar-refractivity contribution in [3.63, 3.8) is 0 Å². The molecule has 0 saturated heterocycles. The van der Waals surface area contributed by atoms with Crippen LogP contribution in [0.15, 0.2) is 53.6 Å². The van der Waals surface area contributed by atoms with Gasteiger partial charge in [0, 0.05) is 23.5 Å². The average molecular weight is 626 g/mol. The summed E-state index contributed by atoms with van der Waals surface area (Å²) < 4.78 is 61.5. The fourth-order valence-corrected chi connectivity index (χ4v) is 6.99. The highest BCUT2D eigenvalue weighted by atomic mass is 35.5. The molecule has 2 aromatic carbocycles. The van der Waals surface area contributed by atoms with E-state index < -0.39 is 30.6 Å². The molecular weight excluding hydrogens is 596 g/mol. The van der Waals surface area contributed by atoms with Crippen LogP contribution < -0.4 is 4.74 Å². The number of hydrogen-bond acceptors (Lipinski definition) is 7. The smallest absolute Gasteiger partial charge is 0.469 e. The van der Waals surface area contributed by atoms with Gasteiger partial charge in [0.25, 0.3) is 0 Å². The molecule has 0 bridgehead atoms. The second-order valence-corrected chi connectivity index (χ2v) is 13.8. The van der Waals surface area contributed by atoms with Crippen LogP contribution in [0.1, 0.15) is 26.2 Å². The number of ether oxygens (including phenoxy) is 1. The summed E-state index contributed by atoms with van der Waals surface area (Å²) in [5.41, 5.74) is 2.77. The third kappa shape index (κ3) is 6.75. The summed E-state index contributed by atoms with van der Waals surface area (Å²) in [7, 11) is -8.14. The number of halogens is 2. The van der Waals surface area contributed by atoms with E-state index in [0.717, 1.165) is 21.9 Å². The summed E-state index contributed by atoms with van der Waals surface area (Å²) in [6.45, 7) is 1.81. The van der Waals surface area contributed by atoms with Crippen LogP contribution in [0.5, 0.6) is 5.75 Å². The lowest BCUT2D eigenvalue weighted by molar-refractivity contribution is 0.0289. The number of phosphoric acid groups is 1. The first-order chi connectivity index (χ1) is 19.5. The fourth-order valence-electron chi connectivity index (χ4n) is 4.82. The minimum absolute atomic E-state index is 0.232. The molecule has 5 rings (SSSR count). The van der Waals surface area contributed by atoms with Crippen LogP contribution in [0.3, 0.4) is 0 Å². The molecule has 1 aliphatic rings. The molecule has 1 aliphatic carbocycles. The highest BCUT2D eigenvalue weighted by Gasteiger charge is 2.37. The predicted molar refractivity (Wildman–Crippen MR) is 155 cm³/mol. The van der Waals surface area contributed by atoms with Gasteiger partial charge in [-0.3, -0.25) is 9.42 Å². The number of pyridine rings is 1. The molecule has 1 unspecified atom stereocenters. The maximum Gasteiger partial charge on any atom is 0.469 e. The SMILES string of the molecule is CCN(CCCOc1ccc(-c2cccc(S(=O)(=O)C3CC3)c2)c2c1[nH]c1ncc(Cl)cc12)C(F)COP(=O)(O)O. The van der Waals surface area contributed by atoms with Gasteiger partial charge in [0.2, 0.25) is 0 Å². The Bertz CT molecular complexity index is 1720. The molecule has 14 heteroatoms. The zero-order chi connectivity index (χ0) is 29.4. The van der Waals surface area contributed by atoms with Crippen LogP contribution in [0.4, 0.5) is 4.39 Å². The number of alkyl halides is 1. The topological polar surface area (TPSA) is 142 Å². The van der Waals surface area contributed by atoms with E-state index in [1.165, 1.54) is 11.1 Å². The quantitative estimate of drug-likeness (QED) is 0.100. The van der Waals surface area contributed by atoms with E-state index >= 15 is 0 Å². The Kier molecular flexibility index (Phi) is 8.73. The Morgan fingerprint density at radius 2 is 2.02 bits per heavy atom. The Balaban J connectivity index is 1.40. The average Bonchev–Trinajstić information content (AvgIpc) is 3.74. The van der Waals surface area contributed by atoms with Crippen LogP contribution in [0.2, 0.25) is 5.02 Å². The molecular formula is C27H30ClFN3O7PS. The van der Waals surface area contributed by atoms with Crippen molar-refractivity contribution in [1.82, 2.24) is 14.9 Å². The number of likely N-dealkylation sites (N-methyl/N-ethyl adjacent to an activating group) is 1. The minimum Gasteiger partial charge on any atom is -0.491 e. The predicted octanol–water partition coefficient (Wildman–Crippen LogP) is 5.47. The Hall–Kier alpha value is -2.57. The number of phosphoric ester groups is 1. The van der Waals surface area contributed by atoms with Gasteiger partial charge in [0.05, 0.1) is 27.3 Å². The van der Waals surface area contributed by atoms with Gasteiger partial charge >= 0.3 is 7.82 Å². The van der Waals surface area contributed by atoms with Gasteiger partial charge in [-0.25, -0.2) is 22.4 Å². The Morgan fingerprint density at radius 3 is 2.73 bits per heavy atom. The second kappa shape index (κ2) is 12.0. The summed E-state index contributed by atoms with van der Waals surface area (Å²) in [5.74, 6) is 0.532. The number of rotatable bonds is 13. The maximum absolute atomic E-state index is 14.4. The van der Waals surface area contributed by atoms with Crippen molar-refractivity contribution < 1.29 is 36.4 Å². The molecule has 1 fully saturated rings. The normalized spacial score (nSPS) is 15.2. The van der Waals surface area contributed by atoms with Gasteiger partial charge in [0.1, 0.15) is 18.0 Å². The van der Waals surface area contributed by atoms with Crippen molar-refractivity contribution in [2.75, 3.05) is 26.3 Å².